The van der Waals surface area contributed by atoms with Crippen LogP contribution in [0.2, 0.25) is 0 Å². The number of rotatable bonds is 3. The lowest BCUT2D eigenvalue weighted by atomic mass is 10.3. The van der Waals surface area contributed by atoms with E-state index >= 15 is 0 Å². The van der Waals surface area contributed by atoms with Gasteiger partial charge in [-0.2, -0.15) is 0 Å². The molecule has 9 heteroatoms. The molecule has 1 aliphatic heterocycles. The lowest BCUT2D eigenvalue weighted by molar-refractivity contribution is 0.572. The number of sulfone groups is 1. The molecule has 6 nitrogen and oxygen atoms in total. The van der Waals surface area contributed by atoms with E-state index in [2.05, 4.69) is 4.72 Å². The topological polar surface area (TPSA) is 106 Å². The molecule has 0 radical (unpaired) electrons. The van der Waals surface area contributed by atoms with Crippen LogP contribution in [0.3, 0.4) is 0 Å². The van der Waals surface area contributed by atoms with E-state index in [1.807, 2.05) is 0 Å². The second-order valence-electron chi connectivity index (χ2n) is 4.07. The molecule has 1 aromatic rings. The van der Waals surface area contributed by atoms with Crippen LogP contribution in [0.4, 0.5) is 10.1 Å². The number of halogens is 1. The molecule has 1 aromatic carbocycles. The maximum Gasteiger partial charge on any atom is 0.241 e. The van der Waals surface area contributed by atoms with Crippen molar-refractivity contribution < 1.29 is 21.2 Å². The zero-order chi connectivity index (χ0) is 14.3. The van der Waals surface area contributed by atoms with Crippen molar-refractivity contribution in [2.75, 3.05) is 11.5 Å². The van der Waals surface area contributed by atoms with Crippen molar-refractivity contribution in [2.24, 2.45) is 0 Å². The SMILES string of the molecule is Nc1ccc(S(=O)(=O)NC2C=CS(=O)(=O)C2)cc1F. The van der Waals surface area contributed by atoms with Crippen LogP contribution in [0.1, 0.15) is 0 Å². The van der Waals surface area contributed by atoms with Gasteiger partial charge in [-0.15, -0.1) is 0 Å². The number of hydrogen-bond acceptors (Lipinski definition) is 5. The van der Waals surface area contributed by atoms with Crippen molar-refractivity contribution in [1.82, 2.24) is 4.72 Å². The van der Waals surface area contributed by atoms with Gasteiger partial charge in [0, 0.05) is 5.41 Å². The normalized spacial score (nSPS) is 21.6. The van der Waals surface area contributed by atoms with Crippen molar-refractivity contribution in [3.05, 3.63) is 35.5 Å². The molecular formula is C10H11FN2O4S2. The van der Waals surface area contributed by atoms with Crippen LogP contribution < -0.4 is 10.5 Å². The summed E-state index contributed by atoms with van der Waals surface area (Å²) >= 11 is 0. The fraction of sp³-hybridized carbons (Fsp3) is 0.200. The zero-order valence-electron chi connectivity index (χ0n) is 9.58. The Morgan fingerprint density at radius 3 is 2.58 bits per heavy atom. The molecule has 0 fully saturated rings. The van der Waals surface area contributed by atoms with E-state index in [0.717, 1.165) is 23.6 Å². The lowest BCUT2D eigenvalue weighted by Crippen LogP contribution is -2.35. The van der Waals surface area contributed by atoms with E-state index < -0.39 is 31.7 Å². The molecule has 1 unspecified atom stereocenters. The summed E-state index contributed by atoms with van der Waals surface area (Å²) < 4.78 is 61.6. The number of nitrogens with two attached hydrogens (primary N) is 1. The lowest BCUT2D eigenvalue weighted by Gasteiger charge is -2.11. The predicted molar refractivity (Wildman–Crippen MR) is 67.8 cm³/mol. The summed E-state index contributed by atoms with van der Waals surface area (Å²) in [7, 11) is -7.36. The second-order valence-corrected chi connectivity index (χ2v) is 7.71. The highest BCUT2D eigenvalue weighted by molar-refractivity contribution is 7.94. The minimum Gasteiger partial charge on any atom is -0.396 e. The second kappa shape index (κ2) is 4.58. The van der Waals surface area contributed by atoms with E-state index in [1.165, 1.54) is 6.08 Å². The van der Waals surface area contributed by atoms with Gasteiger partial charge >= 0.3 is 0 Å². The molecule has 0 aliphatic carbocycles. The molecule has 104 valence electrons. The summed E-state index contributed by atoms with van der Waals surface area (Å²) in [6.07, 6.45) is 1.24. The Bertz CT molecular complexity index is 741. The zero-order valence-corrected chi connectivity index (χ0v) is 11.2. The number of nitrogens with one attached hydrogen (secondary N) is 1. The Morgan fingerprint density at radius 2 is 2.05 bits per heavy atom. The summed E-state index contributed by atoms with van der Waals surface area (Å²) in [5, 5.41) is 0.948. The molecule has 0 saturated heterocycles. The van der Waals surface area contributed by atoms with Crippen LogP contribution in [0.15, 0.2) is 34.6 Å². The third kappa shape index (κ3) is 3.11. The van der Waals surface area contributed by atoms with Crippen LogP contribution in [0.25, 0.3) is 0 Å². The molecule has 19 heavy (non-hydrogen) atoms. The average molecular weight is 306 g/mol. The van der Waals surface area contributed by atoms with Crippen LogP contribution in [0.5, 0.6) is 0 Å². The van der Waals surface area contributed by atoms with Crippen LogP contribution >= 0.6 is 0 Å². The number of hydrogen-bond donors (Lipinski definition) is 2. The highest BCUT2D eigenvalue weighted by Gasteiger charge is 2.27. The first kappa shape index (κ1) is 14.0. The Labute approximate surface area is 110 Å². The fourth-order valence-corrected chi connectivity index (χ4v) is 4.13. The summed E-state index contributed by atoms with van der Waals surface area (Å²) in [6, 6.07) is 2.21. The first-order valence-corrected chi connectivity index (χ1v) is 8.38. The van der Waals surface area contributed by atoms with Gasteiger partial charge in [-0.1, -0.05) is 6.08 Å². The Kier molecular flexibility index (Phi) is 3.37. The van der Waals surface area contributed by atoms with Crippen molar-refractivity contribution in [3.8, 4) is 0 Å². The summed E-state index contributed by atoms with van der Waals surface area (Å²) in [5.74, 6) is -1.19. The van der Waals surface area contributed by atoms with Gasteiger partial charge < -0.3 is 5.73 Å². The molecule has 3 N–H and O–H groups in total. The Hall–Kier alpha value is -1.45. The van der Waals surface area contributed by atoms with E-state index in [-0.39, 0.29) is 16.3 Å². The predicted octanol–water partition coefficient (Wildman–Crippen LogP) is -0.00310. The molecule has 0 amide bonds. The molecule has 2 rings (SSSR count). The molecule has 0 saturated carbocycles. The molecule has 1 atom stereocenters. The quantitative estimate of drug-likeness (QED) is 0.764. The van der Waals surface area contributed by atoms with Crippen LogP contribution in [0, 0.1) is 5.82 Å². The molecular weight excluding hydrogens is 295 g/mol. The maximum absolute atomic E-state index is 13.2. The van der Waals surface area contributed by atoms with E-state index in [1.54, 1.807) is 0 Å². The smallest absolute Gasteiger partial charge is 0.241 e. The number of nitrogen functional groups attached to an aromatic ring is 1. The minimum absolute atomic E-state index is 0.165. The van der Waals surface area contributed by atoms with Gasteiger partial charge in [0.2, 0.25) is 10.0 Å². The van der Waals surface area contributed by atoms with E-state index in [9.17, 15) is 21.2 Å². The number of sulfonamides is 1. The van der Waals surface area contributed by atoms with Crippen molar-refractivity contribution in [1.29, 1.82) is 0 Å². The minimum atomic E-state index is -3.99. The van der Waals surface area contributed by atoms with Gasteiger partial charge in [0.15, 0.2) is 9.84 Å². The summed E-state index contributed by atoms with van der Waals surface area (Å²) in [5.41, 5.74) is 5.09. The van der Waals surface area contributed by atoms with Crippen LogP contribution in [-0.4, -0.2) is 28.6 Å². The Balaban J connectivity index is 2.24. The fourth-order valence-electron chi connectivity index (χ4n) is 1.59. The summed E-state index contributed by atoms with van der Waals surface area (Å²) in [4.78, 5) is -0.308. The van der Waals surface area contributed by atoms with Gasteiger partial charge in [-0.05, 0) is 18.2 Å². The van der Waals surface area contributed by atoms with E-state index in [4.69, 9.17) is 5.73 Å². The van der Waals surface area contributed by atoms with Crippen LogP contribution in [-0.2, 0) is 19.9 Å². The number of anilines is 1. The van der Waals surface area contributed by atoms with Gasteiger partial charge in [0.1, 0.15) is 5.82 Å². The van der Waals surface area contributed by atoms with Gasteiger partial charge in [-0.25, -0.2) is 25.9 Å². The molecule has 0 spiro atoms. The van der Waals surface area contributed by atoms with Gasteiger partial charge in [0.25, 0.3) is 0 Å². The average Bonchev–Trinajstić information content (AvgIpc) is 2.61. The maximum atomic E-state index is 13.2. The third-order valence-electron chi connectivity index (χ3n) is 2.52. The number of benzene rings is 1. The third-order valence-corrected chi connectivity index (χ3v) is 5.40. The Morgan fingerprint density at radius 1 is 1.37 bits per heavy atom. The molecule has 1 aliphatic rings. The first-order valence-electron chi connectivity index (χ1n) is 5.18. The standard InChI is InChI=1S/C10H11FN2O4S2/c11-9-5-8(1-2-10(9)12)19(16,17)13-7-3-4-18(14,15)6-7/h1-5,7,13H,6,12H2. The molecule has 1 heterocycles. The monoisotopic (exact) mass is 306 g/mol. The van der Waals surface area contributed by atoms with Crippen molar-refractivity contribution >= 4 is 25.5 Å². The largest absolute Gasteiger partial charge is 0.396 e. The van der Waals surface area contributed by atoms with Crippen molar-refractivity contribution in [2.45, 2.75) is 10.9 Å². The van der Waals surface area contributed by atoms with Crippen molar-refractivity contribution in [3.63, 3.8) is 0 Å². The highest BCUT2D eigenvalue weighted by atomic mass is 32.2. The summed E-state index contributed by atoms with van der Waals surface area (Å²) in [6.45, 7) is 0. The van der Waals surface area contributed by atoms with Gasteiger partial charge in [0.05, 0.1) is 22.4 Å². The molecule has 0 aromatic heterocycles. The van der Waals surface area contributed by atoms with E-state index in [0.29, 0.717) is 0 Å². The highest BCUT2D eigenvalue weighted by Crippen LogP contribution is 2.18. The molecule has 0 bridgehead atoms. The van der Waals surface area contributed by atoms with Gasteiger partial charge in [-0.3, -0.25) is 0 Å². The first-order chi connectivity index (χ1) is 8.70.